The Morgan fingerprint density at radius 2 is 1.94 bits per heavy atom. The number of hydrogen-bond acceptors (Lipinski definition) is 5. The van der Waals surface area contributed by atoms with Crippen molar-refractivity contribution in [1.82, 2.24) is 9.55 Å². The zero-order chi connectivity index (χ0) is 22.9. The minimum absolute atomic E-state index is 0.162. The van der Waals surface area contributed by atoms with E-state index in [1.807, 2.05) is 19.9 Å². The first-order valence-corrected chi connectivity index (χ1v) is 10.1. The van der Waals surface area contributed by atoms with E-state index in [-0.39, 0.29) is 5.56 Å². The zero-order valence-corrected chi connectivity index (χ0v) is 18.7. The van der Waals surface area contributed by atoms with Gasteiger partial charge in [0.05, 0.1) is 17.1 Å². The van der Waals surface area contributed by atoms with Crippen LogP contribution in [0.1, 0.15) is 38.8 Å². The minimum atomic E-state index is -0.627. The molecule has 0 atom stereocenters. The molecule has 0 aliphatic carbocycles. The highest BCUT2D eigenvalue weighted by Gasteiger charge is 2.22. The number of nitriles is 1. The van der Waals surface area contributed by atoms with E-state index in [9.17, 15) is 14.9 Å². The molecule has 0 radical (unpaired) electrons. The lowest BCUT2D eigenvalue weighted by atomic mass is 9.98. The van der Waals surface area contributed by atoms with E-state index in [1.54, 1.807) is 62.8 Å². The van der Waals surface area contributed by atoms with Crippen LogP contribution in [0.3, 0.4) is 0 Å². The van der Waals surface area contributed by atoms with Gasteiger partial charge in [0.2, 0.25) is 0 Å². The molecule has 0 fully saturated rings. The van der Waals surface area contributed by atoms with Crippen LogP contribution in [-0.4, -0.2) is 28.3 Å². The second-order valence-electron chi connectivity index (χ2n) is 8.39. The number of hydrogen-bond donors (Lipinski definition) is 0. The van der Waals surface area contributed by atoms with Crippen molar-refractivity contribution in [2.75, 3.05) is 11.9 Å². The number of aryl methyl sites for hydroxylation is 2. The summed E-state index contributed by atoms with van der Waals surface area (Å²) in [5.74, 6) is 0.388. The van der Waals surface area contributed by atoms with Gasteiger partial charge in [-0.2, -0.15) is 5.26 Å². The number of nitrogens with zero attached hydrogens (tertiary/aromatic N) is 4. The summed E-state index contributed by atoms with van der Waals surface area (Å²) in [5.41, 5.74) is 2.53. The highest BCUT2D eigenvalue weighted by atomic mass is 16.6. The average molecular weight is 418 g/mol. The summed E-state index contributed by atoms with van der Waals surface area (Å²) in [6, 6.07) is 10.9. The standard InChI is InChI=1S/C24H26N4O3/c1-7-28-20-12-21(27(6)23(30)31-24(3,4)5)26-14-17(20)11-19(22(28)29)18-10-16(13-25)9-8-15(18)2/h8-12,14H,7H2,1-6H3. The van der Waals surface area contributed by atoms with Gasteiger partial charge in [-0.05, 0) is 63.9 Å². The highest BCUT2D eigenvalue weighted by molar-refractivity contribution is 5.91. The first kappa shape index (κ1) is 22.0. The second kappa shape index (κ2) is 8.23. The van der Waals surface area contributed by atoms with E-state index in [4.69, 9.17) is 4.74 Å². The molecule has 7 heteroatoms. The first-order chi connectivity index (χ1) is 14.6. The Bertz CT molecular complexity index is 1260. The Hall–Kier alpha value is -3.66. The smallest absolute Gasteiger partial charge is 0.415 e. The van der Waals surface area contributed by atoms with Crippen LogP contribution in [0.5, 0.6) is 0 Å². The van der Waals surface area contributed by atoms with Crippen LogP contribution in [0.25, 0.3) is 22.0 Å². The molecule has 0 unspecified atom stereocenters. The molecule has 31 heavy (non-hydrogen) atoms. The fraction of sp³-hybridized carbons (Fsp3) is 0.333. The van der Waals surface area contributed by atoms with Gasteiger partial charge in [0.25, 0.3) is 5.56 Å². The van der Waals surface area contributed by atoms with Crippen molar-refractivity contribution in [1.29, 1.82) is 5.26 Å². The molecule has 0 saturated heterocycles. The Morgan fingerprint density at radius 3 is 2.55 bits per heavy atom. The average Bonchev–Trinajstić information content (AvgIpc) is 2.71. The van der Waals surface area contributed by atoms with E-state index in [1.165, 1.54) is 4.90 Å². The molecule has 0 spiro atoms. The van der Waals surface area contributed by atoms with Crippen molar-refractivity contribution in [3.05, 3.63) is 58.0 Å². The molecule has 7 nitrogen and oxygen atoms in total. The number of anilines is 1. The predicted molar refractivity (Wildman–Crippen MR) is 121 cm³/mol. The lowest BCUT2D eigenvalue weighted by molar-refractivity contribution is 0.0588. The summed E-state index contributed by atoms with van der Waals surface area (Å²) in [5, 5.41) is 10.0. The normalized spacial score (nSPS) is 11.3. The van der Waals surface area contributed by atoms with Gasteiger partial charge in [-0.15, -0.1) is 0 Å². The fourth-order valence-corrected chi connectivity index (χ4v) is 3.36. The molecular formula is C24H26N4O3. The minimum Gasteiger partial charge on any atom is -0.443 e. The third-order valence-electron chi connectivity index (χ3n) is 4.95. The maximum absolute atomic E-state index is 13.3. The number of aromatic nitrogens is 2. The first-order valence-electron chi connectivity index (χ1n) is 10.1. The quantitative estimate of drug-likeness (QED) is 0.618. The second-order valence-corrected chi connectivity index (χ2v) is 8.39. The zero-order valence-electron chi connectivity index (χ0n) is 18.7. The third-order valence-corrected chi connectivity index (χ3v) is 4.95. The summed E-state index contributed by atoms with van der Waals surface area (Å²) >= 11 is 0. The van der Waals surface area contributed by atoms with Crippen LogP contribution in [0.2, 0.25) is 0 Å². The van der Waals surface area contributed by atoms with Crippen molar-refractivity contribution < 1.29 is 9.53 Å². The van der Waals surface area contributed by atoms with Crippen molar-refractivity contribution in [3.8, 4) is 17.2 Å². The van der Waals surface area contributed by atoms with Crippen LogP contribution in [-0.2, 0) is 11.3 Å². The molecule has 0 N–H and O–H groups in total. The molecule has 2 heterocycles. The molecule has 3 aromatic rings. The van der Waals surface area contributed by atoms with Crippen LogP contribution < -0.4 is 10.5 Å². The van der Waals surface area contributed by atoms with Gasteiger partial charge in [-0.1, -0.05) is 6.07 Å². The van der Waals surface area contributed by atoms with Gasteiger partial charge < -0.3 is 9.30 Å². The Kier molecular flexibility index (Phi) is 5.85. The maximum Gasteiger partial charge on any atom is 0.415 e. The van der Waals surface area contributed by atoms with Crippen molar-refractivity contribution in [3.63, 3.8) is 0 Å². The topological polar surface area (TPSA) is 88.2 Å². The SMILES string of the molecule is CCn1c(=O)c(-c2cc(C#N)ccc2C)cc2cnc(N(C)C(=O)OC(C)(C)C)cc21. The van der Waals surface area contributed by atoms with Crippen molar-refractivity contribution >= 4 is 22.8 Å². The Morgan fingerprint density at radius 1 is 1.23 bits per heavy atom. The number of carbonyl (C=O) groups is 1. The molecule has 0 bridgehead atoms. The predicted octanol–water partition coefficient (Wildman–Crippen LogP) is 4.63. The van der Waals surface area contributed by atoms with Crippen LogP contribution in [0.4, 0.5) is 10.6 Å². The molecule has 3 rings (SSSR count). The van der Waals surface area contributed by atoms with Gasteiger partial charge in [0.15, 0.2) is 0 Å². The summed E-state index contributed by atoms with van der Waals surface area (Å²) in [6.45, 7) is 9.64. The molecule has 0 aliphatic heterocycles. The van der Waals surface area contributed by atoms with Gasteiger partial charge in [0, 0.05) is 36.8 Å². The number of ether oxygens (including phenoxy) is 1. The van der Waals surface area contributed by atoms with E-state index in [2.05, 4.69) is 11.1 Å². The molecular weight excluding hydrogens is 392 g/mol. The number of carbonyl (C=O) groups excluding carboxylic acids is 1. The summed E-state index contributed by atoms with van der Waals surface area (Å²) < 4.78 is 7.06. The van der Waals surface area contributed by atoms with Crippen LogP contribution >= 0.6 is 0 Å². The van der Waals surface area contributed by atoms with Gasteiger partial charge in [0.1, 0.15) is 11.4 Å². The molecule has 0 saturated carbocycles. The number of rotatable bonds is 3. The van der Waals surface area contributed by atoms with Crippen LogP contribution in [0.15, 0.2) is 41.3 Å². The molecule has 1 amide bonds. The van der Waals surface area contributed by atoms with E-state index in [0.29, 0.717) is 29.0 Å². The lowest BCUT2D eigenvalue weighted by Gasteiger charge is -2.24. The lowest BCUT2D eigenvalue weighted by Crippen LogP contribution is -2.34. The van der Waals surface area contributed by atoms with Crippen molar-refractivity contribution in [2.24, 2.45) is 0 Å². The highest BCUT2D eigenvalue weighted by Crippen LogP contribution is 2.27. The van der Waals surface area contributed by atoms with E-state index in [0.717, 1.165) is 16.5 Å². The molecule has 1 aromatic carbocycles. The fourth-order valence-electron chi connectivity index (χ4n) is 3.36. The maximum atomic E-state index is 13.3. The van der Waals surface area contributed by atoms with Gasteiger partial charge in [-0.3, -0.25) is 9.69 Å². The summed E-state index contributed by atoms with van der Waals surface area (Å²) in [4.78, 5) is 31.5. The van der Waals surface area contributed by atoms with E-state index >= 15 is 0 Å². The summed E-state index contributed by atoms with van der Waals surface area (Å²) in [7, 11) is 1.59. The number of benzene rings is 1. The van der Waals surface area contributed by atoms with Crippen molar-refractivity contribution in [2.45, 2.75) is 46.8 Å². The van der Waals surface area contributed by atoms with E-state index < -0.39 is 11.7 Å². The number of pyridine rings is 2. The number of fused-ring (bicyclic) bond motifs is 1. The van der Waals surface area contributed by atoms with Gasteiger partial charge in [-0.25, -0.2) is 9.78 Å². The monoisotopic (exact) mass is 418 g/mol. The Balaban J connectivity index is 2.16. The molecule has 0 aliphatic rings. The van der Waals surface area contributed by atoms with Gasteiger partial charge >= 0.3 is 6.09 Å². The largest absolute Gasteiger partial charge is 0.443 e. The summed E-state index contributed by atoms with van der Waals surface area (Å²) in [6.07, 6.45) is 1.12. The number of amides is 1. The molecule has 160 valence electrons. The molecule has 2 aromatic heterocycles. The Labute approximate surface area is 181 Å². The third kappa shape index (κ3) is 4.43. The van der Waals surface area contributed by atoms with Crippen LogP contribution in [0, 0.1) is 18.3 Å².